The van der Waals surface area contributed by atoms with Gasteiger partial charge in [-0.05, 0) is 11.6 Å². The van der Waals surface area contributed by atoms with Gasteiger partial charge in [-0.15, -0.1) is 11.6 Å². The molecule has 0 saturated carbocycles. The summed E-state index contributed by atoms with van der Waals surface area (Å²) >= 11 is 13.5. The number of rotatable bonds is 2. The summed E-state index contributed by atoms with van der Waals surface area (Å²) in [5.74, 6) is 0.437. The van der Waals surface area contributed by atoms with Crippen molar-refractivity contribution in [1.29, 1.82) is 0 Å². The largest absolute Gasteiger partial charge is 0.487 e. The minimum absolute atomic E-state index is 0.437. The maximum Gasteiger partial charge on any atom is 0.174 e. The van der Waals surface area contributed by atoms with Crippen LogP contribution < -0.4 is 4.74 Å². The van der Waals surface area contributed by atoms with Crippen LogP contribution in [0.3, 0.4) is 0 Å². The molecule has 74 valence electrons. The van der Waals surface area contributed by atoms with Gasteiger partial charge in [0, 0.05) is 22.0 Å². The average molecular weight is 247 g/mol. The van der Waals surface area contributed by atoms with E-state index in [1.54, 1.807) is 18.4 Å². The van der Waals surface area contributed by atoms with Crippen molar-refractivity contribution in [3.05, 3.63) is 28.8 Å². The van der Waals surface area contributed by atoms with Crippen molar-refractivity contribution in [3.8, 4) is 5.06 Å². The van der Waals surface area contributed by atoms with Gasteiger partial charge >= 0.3 is 0 Å². The fourth-order valence-corrected chi connectivity index (χ4v) is 2.82. The highest BCUT2D eigenvalue weighted by molar-refractivity contribution is 7.20. The first-order valence-electron chi connectivity index (χ1n) is 4.07. The van der Waals surface area contributed by atoms with E-state index in [9.17, 15) is 0 Å². The number of hydrogen-bond donors (Lipinski definition) is 0. The lowest BCUT2D eigenvalue weighted by Crippen LogP contribution is -1.79. The highest BCUT2D eigenvalue weighted by atomic mass is 35.5. The van der Waals surface area contributed by atoms with Crippen LogP contribution in [0.2, 0.25) is 5.02 Å². The van der Waals surface area contributed by atoms with Crippen LogP contribution in [0, 0.1) is 0 Å². The topological polar surface area (TPSA) is 9.23 Å². The van der Waals surface area contributed by atoms with E-state index >= 15 is 0 Å². The first-order valence-corrected chi connectivity index (χ1v) is 5.80. The predicted molar refractivity (Wildman–Crippen MR) is 62.9 cm³/mol. The summed E-state index contributed by atoms with van der Waals surface area (Å²) in [5, 5.41) is 2.62. The number of ether oxygens (including phenoxy) is 1. The smallest absolute Gasteiger partial charge is 0.174 e. The van der Waals surface area contributed by atoms with Gasteiger partial charge in [-0.2, -0.15) is 0 Å². The summed E-state index contributed by atoms with van der Waals surface area (Å²) in [7, 11) is 1.65. The van der Waals surface area contributed by atoms with E-state index in [0.717, 1.165) is 25.7 Å². The Balaban J connectivity index is 2.68. The van der Waals surface area contributed by atoms with E-state index in [-0.39, 0.29) is 0 Å². The molecule has 0 N–H and O–H groups in total. The van der Waals surface area contributed by atoms with Gasteiger partial charge in [-0.3, -0.25) is 0 Å². The molecule has 0 radical (unpaired) electrons. The Morgan fingerprint density at radius 2 is 2.21 bits per heavy atom. The Labute approximate surface area is 96.2 Å². The summed E-state index contributed by atoms with van der Waals surface area (Å²) in [5.41, 5.74) is 0.960. The Morgan fingerprint density at radius 3 is 2.86 bits per heavy atom. The van der Waals surface area contributed by atoms with Crippen LogP contribution in [0.5, 0.6) is 5.06 Å². The molecule has 0 bridgehead atoms. The van der Waals surface area contributed by atoms with Crippen molar-refractivity contribution in [2.24, 2.45) is 0 Å². The Kier molecular flexibility index (Phi) is 2.86. The third-order valence-corrected chi connectivity index (χ3v) is 3.83. The minimum Gasteiger partial charge on any atom is -0.487 e. The first-order chi connectivity index (χ1) is 6.76. The summed E-state index contributed by atoms with van der Waals surface area (Å²) in [6.07, 6.45) is 0. The van der Waals surface area contributed by atoms with Crippen LogP contribution in [0.1, 0.15) is 5.56 Å². The second-order valence-corrected chi connectivity index (χ2v) is 4.55. The molecule has 2 rings (SSSR count). The van der Waals surface area contributed by atoms with Crippen LogP contribution in [0.15, 0.2) is 18.2 Å². The molecule has 0 aliphatic rings. The van der Waals surface area contributed by atoms with Gasteiger partial charge in [0.25, 0.3) is 0 Å². The van der Waals surface area contributed by atoms with E-state index < -0.39 is 0 Å². The molecule has 0 amide bonds. The SMILES string of the molecule is COc1cc2c(Cl)c(CCl)ccc2s1. The number of thiophene rings is 1. The summed E-state index contributed by atoms with van der Waals surface area (Å²) in [6.45, 7) is 0. The maximum absolute atomic E-state index is 6.18. The number of hydrogen-bond acceptors (Lipinski definition) is 2. The van der Waals surface area contributed by atoms with Crippen molar-refractivity contribution in [2.45, 2.75) is 5.88 Å². The maximum atomic E-state index is 6.18. The van der Waals surface area contributed by atoms with E-state index in [2.05, 4.69) is 0 Å². The average Bonchev–Trinajstić information content (AvgIpc) is 2.62. The van der Waals surface area contributed by atoms with Crippen molar-refractivity contribution in [2.75, 3.05) is 7.11 Å². The fourth-order valence-electron chi connectivity index (χ4n) is 1.30. The zero-order chi connectivity index (χ0) is 10.1. The molecule has 1 aromatic heterocycles. The molecule has 0 saturated heterocycles. The van der Waals surface area contributed by atoms with Crippen molar-refractivity contribution in [3.63, 3.8) is 0 Å². The van der Waals surface area contributed by atoms with Gasteiger partial charge in [-0.25, -0.2) is 0 Å². The summed E-state index contributed by atoms with van der Waals surface area (Å²) in [4.78, 5) is 0. The van der Waals surface area contributed by atoms with Crippen LogP contribution in [-0.2, 0) is 5.88 Å². The summed E-state index contributed by atoms with van der Waals surface area (Å²) in [6, 6.07) is 5.91. The number of halogens is 2. The zero-order valence-corrected chi connectivity index (χ0v) is 9.84. The second kappa shape index (κ2) is 3.97. The van der Waals surface area contributed by atoms with Gasteiger partial charge in [0.2, 0.25) is 0 Å². The number of alkyl halides is 1. The number of benzene rings is 1. The molecule has 0 atom stereocenters. The third kappa shape index (κ3) is 1.58. The first kappa shape index (κ1) is 10.1. The molecule has 0 fully saturated rings. The predicted octanol–water partition coefficient (Wildman–Crippen LogP) is 4.30. The summed E-state index contributed by atoms with van der Waals surface area (Å²) < 4.78 is 6.28. The molecule has 1 aromatic carbocycles. The lowest BCUT2D eigenvalue weighted by atomic mass is 10.2. The van der Waals surface area contributed by atoms with Crippen LogP contribution >= 0.6 is 34.5 Å². The van der Waals surface area contributed by atoms with Gasteiger partial charge < -0.3 is 4.74 Å². The lowest BCUT2D eigenvalue weighted by molar-refractivity contribution is 0.427. The fraction of sp³-hybridized carbons (Fsp3) is 0.200. The lowest BCUT2D eigenvalue weighted by Gasteiger charge is -1.99. The van der Waals surface area contributed by atoms with Crippen molar-refractivity contribution < 1.29 is 4.74 Å². The van der Waals surface area contributed by atoms with Crippen LogP contribution in [0.4, 0.5) is 0 Å². The van der Waals surface area contributed by atoms with Crippen LogP contribution in [0.25, 0.3) is 10.1 Å². The Morgan fingerprint density at radius 1 is 1.43 bits per heavy atom. The molecule has 4 heteroatoms. The Hall–Kier alpha value is -0.440. The third-order valence-electron chi connectivity index (χ3n) is 2.04. The second-order valence-electron chi connectivity index (χ2n) is 2.85. The molecular weight excluding hydrogens is 239 g/mol. The van der Waals surface area contributed by atoms with E-state index in [1.165, 1.54) is 0 Å². The highest BCUT2D eigenvalue weighted by Gasteiger charge is 2.08. The molecule has 1 heterocycles. The molecule has 0 spiro atoms. The van der Waals surface area contributed by atoms with E-state index in [0.29, 0.717) is 5.88 Å². The van der Waals surface area contributed by atoms with Gasteiger partial charge in [-0.1, -0.05) is 29.0 Å². The standard InChI is InChI=1S/C10H8Cl2OS/c1-13-9-4-7-8(14-9)3-2-6(5-11)10(7)12/h2-4H,5H2,1H3. The molecule has 2 aromatic rings. The monoisotopic (exact) mass is 246 g/mol. The van der Waals surface area contributed by atoms with Gasteiger partial charge in [0.1, 0.15) is 0 Å². The number of methoxy groups -OCH3 is 1. The Bertz CT molecular complexity index is 464. The molecule has 0 unspecified atom stereocenters. The number of fused-ring (bicyclic) bond motifs is 1. The van der Waals surface area contributed by atoms with Gasteiger partial charge in [0.05, 0.1) is 12.1 Å². The zero-order valence-electron chi connectivity index (χ0n) is 7.51. The minimum atomic E-state index is 0.437. The molecular formula is C10H8Cl2OS. The molecule has 1 nitrogen and oxygen atoms in total. The normalized spacial score (nSPS) is 10.8. The van der Waals surface area contributed by atoms with Crippen LogP contribution in [-0.4, -0.2) is 7.11 Å². The van der Waals surface area contributed by atoms with Crippen molar-refractivity contribution in [1.82, 2.24) is 0 Å². The quantitative estimate of drug-likeness (QED) is 0.719. The van der Waals surface area contributed by atoms with Gasteiger partial charge in [0.15, 0.2) is 5.06 Å². The molecule has 14 heavy (non-hydrogen) atoms. The van der Waals surface area contributed by atoms with E-state index in [1.807, 2.05) is 18.2 Å². The molecule has 0 aliphatic heterocycles. The van der Waals surface area contributed by atoms with E-state index in [4.69, 9.17) is 27.9 Å². The highest BCUT2D eigenvalue weighted by Crippen LogP contribution is 2.37. The molecule has 0 aliphatic carbocycles. The van der Waals surface area contributed by atoms with Crippen molar-refractivity contribution >= 4 is 44.6 Å².